The Morgan fingerprint density at radius 3 is 2.67 bits per heavy atom. The average molecular weight is 288 g/mol. The number of hydrogen-bond acceptors (Lipinski definition) is 3. The molecule has 0 radical (unpaired) electrons. The van der Waals surface area contributed by atoms with Crippen molar-refractivity contribution in [1.82, 2.24) is 10.6 Å². The highest BCUT2D eigenvalue weighted by atomic mass is 16.5. The molecule has 1 aromatic carbocycles. The van der Waals surface area contributed by atoms with Gasteiger partial charge in [0.25, 0.3) is 0 Å². The molecule has 0 aliphatic rings. The fourth-order valence-corrected chi connectivity index (χ4v) is 1.99. The second kappa shape index (κ2) is 8.11. The molecule has 5 heteroatoms. The standard InChI is InChI=1S/C16H20N2O3/c1-20-15(14-8-5-11-21-14)12-18-16(19)17-10-9-13-6-3-2-4-7-13/h2-8,11,15H,9-10,12H2,1H3,(H2,17,18,19)/t15-/m1/s1. The molecule has 0 spiro atoms. The summed E-state index contributed by atoms with van der Waals surface area (Å²) in [6.07, 6.45) is 2.11. The molecule has 2 aromatic rings. The highest BCUT2D eigenvalue weighted by Gasteiger charge is 2.14. The number of carbonyl (C=O) groups is 1. The van der Waals surface area contributed by atoms with E-state index in [-0.39, 0.29) is 12.1 Å². The maximum absolute atomic E-state index is 11.7. The summed E-state index contributed by atoms with van der Waals surface area (Å²) in [7, 11) is 1.59. The largest absolute Gasteiger partial charge is 0.467 e. The summed E-state index contributed by atoms with van der Waals surface area (Å²) in [6.45, 7) is 0.954. The van der Waals surface area contributed by atoms with Crippen molar-refractivity contribution in [3.05, 3.63) is 60.1 Å². The van der Waals surface area contributed by atoms with E-state index in [0.717, 1.165) is 6.42 Å². The summed E-state index contributed by atoms with van der Waals surface area (Å²) in [5.74, 6) is 0.696. The van der Waals surface area contributed by atoms with Gasteiger partial charge in [0.15, 0.2) is 0 Å². The molecule has 0 fully saturated rings. The number of hydrogen-bond donors (Lipinski definition) is 2. The molecule has 0 aliphatic heterocycles. The molecule has 21 heavy (non-hydrogen) atoms. The van der Waals surface area contributed by atoms with Crippen molar-refractivity contribution in [2.24, 2.45) is 0 Å². The predicted octanol–water partition coefficient (Wildman–Crippen LogP) is 2.51. The third-order valence-corrected chi connectivity index (χ3v) is 3.14. The minimum Gasteiger partial charge on any atom is -0.467 e. The minimum atomic E-state index is -0.278. The number of benzene rings is 1. The molecule has 2 rings (SSSR count). The molecule has 0 aliphatic carbocycles. The Balaban J connectivity index is 1.67. The van der Waals surface area contributed by atoms with Crippen LogP contribution in [0.5, 0.6) is 0 Å². The molecule has 112 valence electrons. The monoisotopic (exact) mass is 288 g/mol. The van der Waals surface area contributed by atoms with Crippen LogP contribution in [0.1, 0.15) is 17.4 Å². The fraction of sp³-hybridized carbons (Fsp3) is 0.312. The van der Waals surface area contributed by atoms with Gasteiger partial charge in [-0.25, -0.2) is 4.79 Å². The number of methoxy groups -OCH3 is 1. The van der Waals surface area contributed by atoms with E-state index >= 15 is 0 Å². The first-order chi connectivity index (χ1) is 10.3. The SMILES string of the molecule is CO[C@H](CNC(=O)NCCc1ccccc1)c1ccco1. The Kier molecular flexibility index (Phi) is 5.84. The van der Waals surface area contributed by atoms with E-state index in [0.29, 0.717) is 18.8 Å². The number of rotatable bonds is 7. The van der Waals surface area contributed by atoms with Gasteiger partial charge in [0.2, 0.25) is 0 Å². The van der Waals surface area contributed by atoms with Gasteiger partial charge in [0, 0.05) is 13.7 Å². The van der Waals surface area contributed by atoms with E-state index in [9.17, 15) is 4.79 Å². The van der Waals surface area contributed by atoms with Crippen LogP contribution in [0.2, 0.25) is 0 Å². The molecule has 0 saturated carbocycles. The topological polar surface area (TPSA) is 63.5 Å². The number of amides is 2. The van der Waals surface area contributed by atoms with Gasteiger partial charge in [-0.05, 0) is 24.1 Å². The Morgan fingerprint density at radius 1 is 1.19 bits per heavy atom. The smallest absolute Gasteiger partial charge is 0.314 e. The summed E-state index contributed by atoms with van der Waals surface area (Å²) in [4.78, 5) is 11.7. The predicted molar refractivity (Wildman–Crippen MR) is 80.0 cm³/mol. The summed E-state index contributed by atoms with van der Waals surface area (Å²) in [6, 6.07) is 13.4. The highest BCUT2D eigenvalue weighted by Crippen LogP contribution is 2.15. The van der Waals surface area contributed by atoms with Crippen molar-refractivity contribution in [2.75, 3.05) is 20.2 Å². The van der Waals surface area contributed by atoms with Crippen LogP contribution in [0.25, 0.3) is 0 Å². The molecule has 1 heterocycles. The molecule has 2 amide bonds. The quantitative estimate of drug-likeness (QED) is 0.823. The lowest BCUT2D eigenvalue weighted by Crippen LogP contribution is -2.38. The molecular weight excluding hydrogens is 268 g/mol. The van der Waals surface area contributed by atoms with Crippen LogP contribution in [0.3, 0.4) is 0 Å². The van der Waals surface area contributed by atoms with Gasteiger partial charge in [-0.1, -0.05) is 30.3 Å². The lowest BCUT2D eigenvalue weighted by Gasteiger charge is -2.14. The highest BCUT2D eigenvalue weighted by molar-refractivity contribution is 5.73. The lowest BCUT2D eigenvalue weighted by molar-refractivity contribution is 0.0850. The van der Waals surface area contributed by atoms with Crippen molar-refractivity contribution < 1.29 is 13.9 Å². The van der Waals surface area contributed by atoms with E-state index in [2.05, 4.69) is 10.6 Å². The zero-order chi connectivity index (χ0) is 14.9. The average Bonchev–Trinajstić information content (AvgIpc) is 3.03. The Hall–Kier alpha value is -2.27. The van der Waals surface area contributed by atoms with Gasteiger partial charge in [0.1, 0.15) is 11.9 Å². The first kappa shape index (κ1) is 15.1. The van der Waals surface area contributed by atoms with Crippen molar-refractivity contribution in [3.8, 4) is 0 Å². The van der Waals surface area contributed by atoms with Crippen molar-refractivity contribution in [1.29, 1.82) is 0 Å². The van der Waals surface area contributed by atoms with Gasteiger partial charge in [-0.15, -0.1) is 0 Å². The van der Waals surface area contributed by atoms with Crippen molar-refractivity contribution >= 4 is 6.03 Å². The second-order valence-corrected chi connectivity index (χ2v) is 4.61. The third-order valence-electron chi connectivity index (χ3n) is 3.14. The van der Waals surface area contributed by atoms with Gasteiger partial charge in [-0.3, -0.25) is 0 Å². The van der Waals surface area contributed by atoms with Crippen LogP contribution in [0.4, 0.5) is 4.79 Å². The minimum absolute atomic E-state index is 0.209. The maximum Gasteiger partial charge on any atom is 0.314 e. The van der Waals surface area contributed by atoms with Gasteiger partial charge in [-0.2, -0.15) is 0 Å². The molecule has 5 nitrogen and oxygen atoms in total. The van der Waals surface area contributed by atoms with Gasteiger partial charge in [0.05, 0.1) is 12.8 Å². The van der Waals surface area contributed by atoms with Crippen LogP contribution < -0.4 is 10.6 Å². The Bertz CT molecular complexity index is 526. The molecule has 0 saturated heterocycles. The Labute approximate surface area is 124 Å². The zero-order valence-corrected chi connectivity index (χ0v) is 12.0. The molecule has 1 atom stereocenters. The first-order valence-electron chi connectivity index (χ1n) is 6.91. The van der Waals surface area contributed by atoms with Crippen LogP contribution in [0, 0.1) is 0 Å². The molecule has 0 bridgehead atoms. The van der Waals surface area contributed by atoms with E-state index in [4.69, 9.17) is 9.15 Å². The fourth-order valence-electron chi connectivity index (χ4n) is 1.99. The van der Waals surface area contributed by atoms with E-state index in [1.807, 2.05) is 36.4 Å². The normalized spacial score (nSPS) is 11.9. The van der Waals surface area contributed by atoms with Crippen LogP contribution in [0.15, 0.2) is 53.1 Å². The van der Waals surface area contributed by atoms with Crippen LogP contribution in [-0.4, -0.2) is 26.2 Å². The number of carbonyl (C=O) groups excluding carboxylic acids is 1. The Morgan fingerprint density at radius 2 is 2.00 bits per heavy atom. The summed E-state index contributed by atoms with van der Waals surface area (Å²) in [5, 5.41) is 5.59. The van der Waals surface area contributed by atoms with E-state index in [1.165, 1.54) is 5.56 Å². The third kappa shape index (κ3) is 4.96. The molecule has 0 unspecified atom stereocenters. The molecule has 2 N–H and O–H groups in total. The van der Waals surface area contributed by atoms with E-state index < -0.39 is 0 Å². The summed E-state index contributed by atoms with van der Waals surface area (Å²) in [5.41, 5.74) is 1.20. The maximum atomic E-state index is 11.7. The summed E-state index contributed by atoms with van der Waals surface area (Å²) >= 11 is 0. The summed E-state index contributed by atoms with van der Waals surface area (Å²) < 4.78 is 10.5. The van der Waals surface area contributed by atoms with Crippen molar-refractivity contribution in [2.45, 2.75) is 12.5 Å². The number of ether oxygens (including phenoxy) is 1. The second-order valence-electron chi connectivity index (χ2n) is 4.61. The number of furan rings is 1. The molecule has 1 aromatic heterocycles. The van der Waals surface area contributed by atoms with Crippen molar-refractivity contribution in [3.63, 3.8) is 0 Å². The zero-order valence-electron chi connectivity index (χ0n) is 12.0. The number of urea groups is 1. The van der Waals surface area contributed by atoms with Gasteiger partial charge >= 0.3 is 6.03 Å². The van der Waals surface area contributed by atoms with Crippen LogP contribution >= 0.6 is 0 Å². The van der Waals surface area contributed by atoms with E-state index in [1.54, 1.807) is 19.4 Å². The van der Waals surface area contributed by atoms with Crippen LogP contribution in [-0.2, 0) is 11.2 Å². The first-order valence-corrected chi connectivity index (χ1v) is 6.91. The van der Waals surface area contributed by atoms with Gasteiger partial charge < -0.3 is 19.8 Å². The number of nitrogens with one attached hydrogen (secondary N) is 2. The lowest BCUT2D eigenvalue weighted by atomic mass is 10.1. The molecular formula is C16H20N2O3.